The Morgan fingerprint density at radius 3 is 2.36 bits per heavy atom. The first-order valence-electron chi connectivity index (χ1n) is 9.07. The van der Waals surface area contributed by atoms with Crippen molar-refractivity contribution in [1.82, 2.24) is 14.5 Å². The molecule has 144 valence electrons. The number of hydrogen-bond donors (Lipinski definition) is 1. The van der Waals surface area contributed by atoms with Gasteiger partial charge in [-0.2, -0.15) is 0 Å². The zero-order chi connectivity index (χ0) is 20.3. The first-order valence-corrected chi connectivity index (χ1v) is 9.07. The number of benzene rings is 2. The Labute approximate surface area is 164 Å². The highest BCUT2D eigenvalue weighted by Gasteiger charge is 2.20. The lowest BCUT2D eigenvalue weighted by molar-refractivity contribution is -0.116. The van der Waals surface area contributed by atoms with Gasteiger partial charge in [0.2, 0.25) is 5.91 Å². The Morgan fingerprint density at radius 1 is 1.07 bits per heavy atom. The van der Waals surface area contributed by atoms with E-state index in [1.54, 1.807) is 17.9 Å². The maximum Gasteiger partial charge on any atom is 0.272 e. The second-order valence-electron chi connectivity index (χ2n) is 6.97. The summed E-state index contributed by atoms with van der Waals surface area (Å²) in [5, 5.41) is 2.93. The van der Waals surface area contributed by atoms with Gasteiger partial charge in [-0.3, -0.25) is 14.2 Å². The number of imidazole rings is 1. The highest BCUT2D eigenvalue weighted by atomic mass is 16.2. The molecule has 2 amide bonds. The first kappa shape index (κ1) is 19.4. The fourth-order valence-corrected chi connectivity index (χ4v) is 3.29. The minimum Gasteiger partial charge on any atom is -0.331 e. The van der Waals surface area contributed by atoms with E-state index in [1.165, 1.54) is 11.1 Å². The molecule has 1 aromatic heterocycles. The van der Waals surface area contributed by atoms with E-state index in [0.717, 1.165) is 28.1 Å². The summed E-state index contributed by atoms with van der Waals surface area (Å²) in [7, 11) is 1.61. The summed E-state index contributed by atoms with van der Waals surface area (Å²) in [5.41, 5.74) is 5.19. The van der Waals surface area contributed by atoms with E-state index in [1.807, 2.05) is 63.2 Å². The van der Waals surface area contributed by atoms with Crippen molar-refractivity contribution in [3.8, 4) is 5.69 Å². The number of nitrogens with zero attached hydrogens (tertiary/aromatic N) is 3. The normalized spacial score (nSPS) is 10.6. The highest BCUT2D eigenvalue weighted by Crippen LogP contribution is 2.22. The quantitative estimate of drug-likeness (QED) is 0.741. The largest absolute Gasteiger partial charge is 0.331 e. The number of aryl methyl sites for hydroxylation is 3. The molecular weight excluding hydrogens is 352 g/mol. The molecule has 0 saturated heterocycles. The lowest BCUT2D eigenvalue weighted by Crippen LogP contribution is -2.36. The monoisotopic (exact) mass is 376 g/mol. The predicted octanol–water partition coefficient (Wildman–Crippen LogP) is 3.51. The van der Waals surface area contributed by atoms with Crippen molar-refractivity contribution >= 4 is 17.5 Å². The summed E-state index contributed by atoms with van der Waals surface area (Å²) < 4.78 is 1.71. The maximum absolute atomic E-state index is 12.9. The summed E-state index contributed by atoms with van der Waals surface area (Å²) in [6.45, 7) is 5.89. The number of likely N-dealkylation sites (N-methyl/N-ethyl adjacent to an activating group) is 1. The molecule has 6 heteroatoms. The number of nitrogens with one attached hydrogen (secondary N) is 1. The van der Waals surface area contributed by atoms with Gasteiger partial charge in [-0.15, -0.1) is 0 Å². The van der Waals surface area contributed by atoms with Crippen molar-refractivity contribution < 1.29 is 9.59 Å². The van der Waals surface area contributed by atoms with Crippen molar-refractivity contribution in [1.29, 1.82) is 0 Å². The standard InChI is InChI=1S/C22H24N4O2/c1-15-10-16(2)21(17(3)11-15)24-20(27)13-25(4)22(28)19-12-23-14-26(19)18-8-6-5-7-9-18/h5-12,14H,13H2,1-4H3,(H,24,27). The number of para-hydroxylation sites is 1. The van der Waals surface area contributed by atoms with E-state index < -0.39 is 0 Å². The highest BCUT2D eigenvalue weighted by molar-refractivity contribution is 5.99. The minimum atomic E-state index is -0.270. The lowest BCUT2D eigenvalue weighted by Gasteiger charge is -2.19. The van der Waals surface area contributed by atoms with Crippen LogP contribution in [0.25, 0.3) is 5.69 Å². The van der Waals surface area contributed by atoms with E-state index in [4.69, 9.17) is 0 Å². The van der Waals surface area contributed by atoms with Crippen molar-refractivity contribution in [2.24, 2.45) is 0 Å². The molecule has 1 N–H and O–H groups in total. The van der Waals surface area contributed by atoms with Crippen LogP contribution in [0.3, 0.4) is 0 Å². The molecule has 0 fully saturated rings. The van der Waals surface area contributed by atoms with Gasteiger partial charge in [-0.05, 0) is 44.0 Å². The molecule has 0 aliphatic rings. The average molecular weight is 376 g/mol. The van der Waals surface area contributed by atoms with Crippen LogP contribution in [-0.2, 0) is 4.79 Å². The average Bonchev–Trinajstić information content (AvgIpc) is 3.14. The molecule has 6 nitrogen and oxygen atoms in total. The van der Waals surface area contributed by atoms with Crippen LogP contribution < -0.4 is 5.32 Å². The molecule has 28 heavy (non-hydrogen) atoms. The molecule has 0 spiro atoms. The summed E-state index contributed by atoms with van der Waals surface area (Å²) in [6.07, 6.45) is 3.10. The number of carbonyl (C=O) groups is 2. The van der Waals surface area contributed by atoms with Crippen molar-refractivity contribution in [2.75, 3.05) is 18.9 Å². The van der Waals surface area contributed by atoms with Crippen LogP contribution in [0.4, 0.5) is 5.69 Å². The molecule has 0 bridgehead atoms. The molecule has 0 atom stereocenters. The molecule has 0 radical (unpaired) electrons. The van der Waals surface area contributed by atoms with Crippen LogP contribution in [-0.4, -0.2) is 39.9 Å². The Kier molecular flexibility index (Phi) is 5.59. The summed E-state index contributed by atoms with van der Waals surface area (Å²) in [6, 6.07) is 13.5. The van der Waals surface area contributed by atoms with Crippen molar-refractivity contribution in [3.05, 3.63) is 77.4 Å². The summed E-state index contributed by atoms with van der Waals surface area (Å²) >= 11 is 0. The van der Waals surface area contributed by atoms with Crippen LogP contribution >= 0.6 is 0 Å². The molecule has 3 aromatic rings. The van der Waals surface area contributed by atoms with Gasteiger partial charge < -0.3 is 10.2 Å². The van der Waals surface area contributed by atoms with Gasteiger partial charge in [0.15, 0.2) is 0 Å². The lowest BCUT2D eigenvalue weighted by atomic mass is 10.1. The van der Waals surface area contributed by atoms with Crippen LogP contribution in [0.15, 0.2) is 55.0 Å². The zero-order valence-corrected chi connectivity index (χ0v) is 16.6. The molecule has 3 rings (SSSR count). The van der Waals surface area contributed by atoms with Gasteiger partial charge in [0.25, 0.3) is 5.91 Å². The number of hydrogen-bond acceptors (Lipinski definition) is 3. The van der Waals surface area contributed by atoms with Gasteiger partial charge in [-0.1, -0.05) is 35.9 Å². The third-order valence-electron chi connectivity index (χ3n) is 4.56. The van der Waals surface area contributed by atoms with E-state index in [9.17, 15) is 9.59 Å². The van der Waals surface area contributed by atoms with Crippen LogP contribution in [0, 0.1) is 20.8 Å². The smallest absolute Gasteiger partial charge is 0.272 e. The second kappa shape index (κ2) is 8.08. The Balaban J connectivity index is 1.72. The Morgan fingerprint density at radius 2 is 1.71 bits per heavy atom. The van der Waals surface area contributed by atoms with Crippen LogP contribution in [0.5, 0.6) is 0 Å². The minimum absolute atomic E-state index is 0.0500. The number of aromatic nitrogens is 2. The third kappa shape index (κ3) is 4.11. The Hall–Kier alpha value is -3.41. The number of rotatable bonds is 5. The molecule has 0 aliphatic carbocycles. The first-order chi connectivity index (χ1) is 13.4. The van der Waals surface area contributed by atoms with Crippen molar-refractivity contribution in [3.63, 3.8) is 0 Å². The van der Waals surface area contributed by atoms with Gasteiger partial charge in [0.05, 0.1) is 19.1 Å². The van der Waals surface area contributed by atoms with E-state index in [-0.39, 0.29) is 18.4 Å². The molecule has 1 heterocycles. The topological polar surface area (TPSA) is 67.2 Å². The van der Waals surface area contributed by atoms with Gasteiger partial charge in [0.1, 0.15) is 5.69 Å². The zero-order valence-electron chi connectivity index (χ0n) is 16.6. The molecule has 0 unspecified atom stereocenters. The maximum atomic E-state index is 12.9. The molecule has 2 aromatic carbocycles. The predicted molar refractivity (Wildman–Crippen MR) is 110 cm³/mol. The SMILES string of the molecule is Cc1cc(C)c(NC(=O)CN(C)C(=O)c2cncn2-c2ccccc2)c(C)c1. The van der Waals surface area contributed by atoms with E-state index in [2.05, 4.69) is 10.3 Å². The summed E-state index contributed by atoms with van der Waals surface area (Å²) in [5.74, 6) is -0.509. The van der Waals surface area contributed by atoms with Gasteiger partial charge in [-0.25, -0.2) is 4.98 Å². The molecule has 0 saturated carbocycles. The fourth-order valence-electron chi connectivity index (χ4n) is 3.29. The summed E-state index contributed by atoms with van der Waals surface area (Å²) in [4.78, 5) is 30.9. The van der Waals surface area contributed by atoms with Crippen LogP contribution in [0.2, 0.25) is 0 Å². The molecule has 0 aliphatic heterocycles. The number of anilines is 1. The van der Waals surface area contributed by atoms with Gasteiger partial charge in [0, 0.05) is 18.4 Å². The fraction of sp³-hybridized carbons (Fsp3) is 0.227. The van der Waals surface area contributed by atoms with Crippen LogP contribution in [0.1, 0.15) is 27.2 Å². The molecular formula is C22H24N4O2. The Bertz CT molecular complexity index is 985. The number of carbonyl (C=O) groups excluding carboxylic acids is 2. The van der Waals surface area contributed by atoms with E-state index >= 15 is 0 Å². The van der Waals surface area contributed by atoms with E-state index in [0.29, 0.717) is 5.69 Å². The third-order valence-corrected chi connectivity index (χ3v) is 4.56. The second-order valence-corrected chi connectivity index (χ2v) is 6.97. The van der Waals surface area contributed by atoms with Crippen molar-refractivity contribution in [2.45, 2.75) is 20.8 Å². The van der Waals surface area contributed by atoms with Gasteiger partial charge >= 0.3 is 0 Å². The number of amides is 2.